The lowest BCUT2D eigenvalue weighted by molar-refractivity contribution is -0.132. The molecule has 0 aliphatic rings. The highest BCUT2D eigenvalue weighted by atomic mass is 79.9. The van der Waals surface area contributed by atoms with E-state index in [1.807, 2.05) is 24.3 Å². The molecule has 0 saturated heterocycles. The zero-order valence-corrected chi connectivity index (χ0v) is 15.1. The van der Waals surface area contributed by atoms with Crippen LogP contribution in [0, 0.1) is 5.92 Å². The van der Waals surface area contributed by atoms with Crippen molar-refractivity contribution in [2.45, 2.75) is 45.8 Å². The van der Waals surface area contributed by atoms with Gasteiger partial charge in [0.2, 0.25) is 5.91 Å². The van der Waals surface area contributed by atoms with Crippen LogP contribution in [0.25, 0.3) is 0 Å². The highest BCUT2D eigenvalue weighted by Gasteiger charge is 2.20. The average molecular weight is 372 g/mol. The largest absolute Gasteiger partial charge is 0.396 e. The third-order valence-electron chi connectivity index (χ3n) is 3.45. The Morgan fingerprint density at radius 3 is 2.55 bits per heavy atom. The molecule has 124 valence electrons. The molecule has 0 aliphatic carbocycles. The molecule has 2 N–H and O–H groups in total. The van der Waals surface area contributed by atoms with E-state index in [-0.39, 0.29) is 18.6 Å². The maximum atomic E-state index is 12.3. The third-order valence-corrected chi connectivity index (χ3v) is 4.17. The van der Waals surface area contributed by atoms with E-state index in [1.165, 1.54) is 0 Å². The first-order valence-electron chi connectivity index (χ1n) is 7.73. The summed E-state index contributed by atoms with van der Waals surface area (Å²) in [6, 6.07) is 7.47. The van der Waals surface area contributed by atoms with Gasteiger partial charge >= 0.3 is 0 Å². The quantitative estimate of drug-likeness (QED) is 0.698. The Bertz CT molecular complexity index is 465. The molecule has 1 rings (SSSR count). The number of benzene rings is 1. The summed E-state index contributed by atoms with van der Waals surface area (Å²) in [5, 5.41) is 12.2. The lowest BCUT2D eigenvalue weighted by Crippen LogP contribution is -2.37. The first kappa shape index (κ1) is 19.1. The van der Waals surface area contributed by atoms with Crippen LogP contribution in [0.3, 0.4) is 0 Å². The van der Waals surface area contributed by atoms with Gasteiger partial charge in [0.15, 0.2) is 0 Å². The van der Waals surface area contributed by atoms with Crippen molar-refractivity contribution in [1.82, 2.24) is 5.32 Å². The first-order chi connectivity index (χ1) is 10.5. The number of carbonyl (C=O) groups excluding carboxylic acids is 1. The maximum absolute atomic E-state index is 12.3. The van der Waals surface area contributed by atoms with Crippen LogP contribution in [0.15, 0.2) is 28.7 Å². The SMILES string of the molecule is CC(C)CCO[C@H](C)C(=O)N[C@H](CCO)c1ccccc1Br. The number of aliphatic hydroxyl groups is 1. The van der Waals surface area contributed by atoms with Gasteiger partial charge in [0.25, 0.3) is 0 Å². The van der Waals surface area contributed by atoms with Crippen LogP contribution in [-0.2, 0) is 9.53 Å². The zero-order chi connectivity index (χ0) is 16.5. The fourth-order valence-corrected chi connectivity index (χ4v) is 2.60. The van der Waals surface area contributed by atoms with Crippen molar-refractivity contribution in [3.05, 3.63) is 34.3 Å². The van der Waals surface area contributed by atoms with E-state index in [0.29, 0.717) is 18.9 Å². The van der Waals surface area contributed by atoms with Crippen LogP contribution in [0.4, 0.5) is 0 Å². The van der Waals surface area contributed by atoms with Crippen molar-refractivity contribution in [3.8, 4) is 0 Å². The number of hydrogen-bond donors (Lipinski definition) is 2. The molecule has 0 spiro atoms. The molecule has 1 aromatic carbocycles. The topological polar surface area (TPSA) is 58.6 Å². The summed E-state index contributed by atoms with van der Waals surface area (Å²) in [5.74, 6) is 0.399. The van der Waals surface area contributed by atoms with Crippen molar-refractivity contribution >= 4 is 21.8 Å². The predicted octanol–water partition coefficient (Wildman–Crippen LogP) is 3.44. The number of halogens is 1. The summed E-state index contributed by atoms with van der Waals surface area (Å²) in [7, 11) is 0. The van der Waals surface area contributed by atoms with Gasteiger partial charge in [-0.25, -0.2) is 0 Å². The van der Waals surface area contributed by atoms with Crippen molar-refractivity contribution < 1.29 is 14.6 Å². The normalized spacial score (nSPS) is 13.9. The number of ether oxygens (including phenoxy) is 1. The molecule has 1 aromatic rings. The van der Waals surface area contributed by atoms with Crippen LogP contribution in [-0.4, -0.2) is 30.3 Å². The molecule has 1 amide bonds. The van der Waals surface area contributed by atoms with Crippen LogP contribution < -0.4 is 5.32 Å². The standard InChI is InChI=1S/C17H26BrNO3/c1-12(2)9-11-22-13(3)17(21)19-16(8-10-20)14-6-4-5-7-15(14)18/h4-7,12-13,16,20H,8-11H2,1-3H3,(H,19,21)/t13-,16-/m1/s1. The molecule has 22 heavy (non-hydrogen) atoms. The average Bonchev–Trinajstić information content (AvgIpc) is 2.46. The number of aliphatic hydroxyl groups excluding tert-OH is 1. The summed E-state index contributed by atoms with van der Waals surface area (Å²) in [5.41, 5.74) is 0.958. The van der Waals surface area contributed by atoms with Gasteiger partial charge in [0.1, 0.15) is 6.10 Å². The van der Waals surface area contributed by atoms with E-state index < -0.39 is 6.10 Å². The van der Waals surface area contributed by atoms with E-state index in [2.05, 4.69) is 35.1 Å². The van der Waals surface area contributed by atoms with Crippen molar-refractivity contribution in [1.29, 1.82) is 0 Å². The molecule has 5 heteroatoms. The minimum atomic E-state index is -0.498. The second-order valence-electron chi connectivity index (χ2n) is 5.79. The first-order valence-corrected chi connectivity index (χ1v) is 8.52. The van der Waals surface area contributed by atoms with E-state index in [1.54, 1.807) is 6.92 Å². The fourth-order valence-electron chi connectivity index (χ4n) is 2.04. The Hall–Kier alpha value is -0.910. The van der Waals surface area contributed by atoms with E-state index >= 15 is 0 Å². The second-order valence-corrected chi connectivity index (χ2v) is 6.64. The number of rotatable bonds is 9. The molecule has 0 unspecified atom stereocenters. The van der Waals surface area contributed by atoms with Gasteiger partial charge in [0.05, 0.1) is 6.04 Å². The summed E-state index contributed by atoms with van der Waals surface area (Å²) in [6.45, 7) is 6.59. The molecule has 0 aliphatic heterocycles. The van der Waals surface area contributed by atoms with E-state index in [0.717, 1.165) is 16.5 Å². The highest BCUT2D eigenvalue weighted by Crippen LogP contribution is 2.25. The zero-order valence-electron chi connectivity index (χ0n) is 13.5. The Kier molecular flexibility index (Phi) is 8.68. The summed E-state index contributed by atoms with van der Waals surface area (Å²) in [6.07, 6.45) is 0.900. The molecule has 0 heterocycles. The van der Waals surface area contributed by atoms with Gasteiger partial charge in [-0.15, -0.1) is 0 Å². The minimum Gasteiger partial charge on any atom is -0.396 e. The number of amides is 1. The second kappa shape index (κ2) is 9.98. The lowest BCUT2D eigenvalue weighted by atomic mass is 10.0. The van der Waals surface area contributed by atoms with Crippen LogP contribution in [0.2, 0.25) is 0 Å². The molecule has 2 atom stereocenters. The molecular formula is C17H26BrNO3. The van der Waals surface area contributed by atoms with Gasteiger partial charge in [-0.1, -0.05) is 48.0 Å². The smallest absolute Gasteiger partial charge is 0.249 e. The molecule has 0 bridgehead atoms. The summed E-state index contributed by atoms with van der Waals surface area (Å²) < 4.78 is 6.49. The Balaban J connectivity index is 2.63. The van der Waals surface area contributed by atoms with Crippen LogP contribution >= 0.6 is 15.9 Å². The third kappa shape index (κ3) is 6.46. The highest BCUT2D eigenvalue weighted by molar-refractivity contribution is 9.10. The molecule has 0 saturated carbocycles. The van der Waals surface area contributed by atoms with Gasteiger partial charge < -0.3 is 15.2 Å². The molecule has 0 aromatic heterocycles. The van der Waals surface area contributed by atoms with Crippen molar-refractivity contribution in [2.24, 2.45) is 5.92 Å². The van der Waals surface area contributed by atoms with Gasteiger partial charge in [-0.2, -0.15) is 0 Å². The molecule has 0 radical (unpaired) electrons. The number of hydrogen-bond acceptors (Lipinski definition) is 3. The van der Waals surface area contributed by atoms with Crippen LogP contribution in [0.1, 0.15) is 45.2 Å². The summed E-state index contributed by atoms with van der Waals surface area (Å²) in [4.78, 5) is 12.3. The van der Waals surface area contributed by atoms with Crippen molar-refractivity contribution in [3.63, 3.8) is 0 Å². The van der Waals surface area contributed by atoms with Gasteiger partial charge in [0, 0.05) is 17.7 Å². The minimum absolute atomic E-state index is 0.00880. The van der Waals surface area contributed by atoms with Crippen LogP contribution in [0.5, 0.6) is 0 Å². The van der Waals surface area contributed by atoms with Gasteiger partial charge in [-0.3, -0.25) is 4.79 Å². The molecule has 0 fully saturated rings. The monoisotopic (exact) mass is 371 g/mol. The molecular weight excluding hydrogens is 346 g/mol. The van der Waals surface area contributed by atoms with E-state index in [4.69, 9.17) is 4.74 Å². The summed E-state index contributed by atoms with van der Waals surface area (Å²) >= 11 is 3.49. The Morgan fingerprint density at radius 1 is 1.27 bits per heavy atom. The molecule has 4 nitrogen and oxygen atoms in total. The predicted molar refractivity (Wildman–Crippen MR) is 91.6 cm³/mol. The van der Waals surface area contributed by atoms with E-state index in [9.17, 15) is 9.90 Å². The van der Waals surface area contributed by atoms with Crippen molar-refractivity contribution in [2.75, 3.05) is 13.2 Å². The maximum Gasteiger partial charge on any atom is 0.249 e. The van der Waals surface area contributed by atoms with Gasteiger partial charge in [-0.05, 0) is 37.3 Å². The Labute approximate surface area is 141 Å². The number of carbonyl (C=O) groups is 1. The lowest BCUT2D eigenvalue weighted by Gasteiger charge is -2.22. The fraction of sp³-hybridized carbons (Fsp3) is 0.588. The Morgan fingerprint density at radius 2 is 1.95 bits per heavy atom. The number of nitrogens with one attached hydrogen (secondary N) is 1.